The highest BCUT2D eigenvalue weighted by Gasteiger charge is 2.03. The molecular weight excluding hydrogens is 228 g/mol. The van der Waals surface area contributed by atoms with Crippen molar-refractivity contribution in [3.8, 4) is 0 Å². The second kappa shape index (κ2) is 6.85. The molecule has 0 saturated heterocycles. The maximum atomic E-state index is 11.1. The molecule has 0 aliphatic rings. The first kappa shape index (κ1) is 14.5. The zero-order valence-corrected chi connectivity index (χ0v) is 9.84. The van der Waals surface area contributed by atoms with Gasteiger partial charge in [-0.2, -0.15) is 0 Å². The highest BCUT2D eigenvalue weighted by atomic mass is 35.5. The Hall–Kier alpha value is -1.55. The fraction of sp³-hybridized carbons (Fsp3) is 0.273. The van der Waals surface area contributed by atoms with E-state index < -0.39 is 0 Å². The highest BCUT2D eigenvalue weighted by Crippen LogP contribution is 2.05. The highest BCUT2D eigenvalue weighted by molar-refractivity contribution is 5.94. The van der Waals surface area contributed by atoms with Crippen LogP contribution in [0.4, 0.5) is 0 Å². The summed E-state index contributed by atoms with van der Waals surface area (Å²) in [6.07, 6.45) is 0.256. The van der Waals surface area contributed by atoms with Crippen molar-refractivity contribution >= 4 is 24.2 Å². The van der Waals surface area contributed by atoms with Crippen LogP contribution in [0, 0.1) is 5.41 Å². The van der Waals surface area contributed by atoms with Crippen molar-refractivity contribution in [3.63, 3.8) is 0 Å². The monoisotopic (exact) mass is 242 g/mol. The molecule has 1 rings (SSSR count). The molecule has 0 fully saturated rings. The van der Waals surface area contributed by atoms with Gasteiger partial charge in [0, 0.05) is 5.56 Å². The molecule has 3 N–H and O–H groups in total. The van der Waals surface area contributed by atoms with Gasteiger partial charge in [-0.05, 0) is 12.5 Å². The summed E-state index contributed by atoms with van der Waals surface area (Å²) >= 11 is 0. The number of ether oxygens (including phenoxy) is 1. The molecular formula is C11H15ClN2O2. The average Bonchev–Trinajstić information content (AvgIpc) is 2.18. The molecule has 1 aromatic rings. The van der Waals surface area contributed by atoms with Gasteiger partial charge < -0.3 is 10.5 Å². The summed E-state index contributed by atoms with van der Waals surface area (Å²) in [5.41, 5.74) is 6.82. The van der Waals surface area contributed by atoms with E-state index in [0.717, 1.165) is 5.56 Å². The number of nitrogens with two attached hydrogens (primary N) is 1. The van der Waals surface area contributed by atoms with Crippen molar-refractivity contribution in [2.45, 2.75) is 13.3 Å². The fourth-order valence-corrected chi connectivity index (χ4v) is 1.18. The summed E-state index contributed by atoms with van der Waals surface area (Å²) in [6.45, 7) is 2.17. The summed E-state index contributed by atoms with van der Waals surface area (Å²) in [5.74, 6) is -0.217. The molecule has 0 amide bonds. The van der Waals surface area contributed by atoms with Crippen LogP contribution >= 0.6 is 12.4 Å². The minimum absolute atomic E-state index is 0. The van der Waals surface area contributed by atoms with E-state index in [-0.39, 0.29) is 30.6 Å². The van der Waals surface area contributed by atoms with E-state index in [1.807, 2.05) is 0 Å². The van der Waals surface area contributed by atoms with E-state index in [1.165, 1.54) is 0 Å². The Morgan fingerprint density at radius 1 is 1.38 bits per heavy atom. The second-order valence-electron chi connectivity index (χ2n) is 3.09. The molecule has 88 valence electrons. The van der Waals surface area contributed by atoms with Crippen LogP contribution in [0.1, 0.15) is 18.1 Å². The lowest BCUT2D eigenvalue weighted by Crippen LogP contribution is -2.11. The molecule has 1 aromatic carbocycles. The van der Waals surface area contributed by atoms with Crippen LogP contribution in [-0.4, -0.2) is 18.4 Å². The Morgan fingerprint density at radius 3 is 2.38 bits per heavy atom. The largest absolute Gasteiger partial charge is 0.466 e. The molecule has 0 heterocycles. The zero-order chi connectivity index (χ0) is 11.3. The predicted molar refractivity (Wildman–Crippen MR) is 65.0 cm³/mol. The van der Waals surface area contributed by atoms with E-state index >= 15 is 0 Å². The summed E-state index contributed by atoms with van der Waals surface area (Å²) in [6, 6.07) is 6.98. The molecule has 0 aromatic heterocycles. The van der Waals surface area contributed by atoms with E-state index in [4.69, 9.17) is 15.9 Å². The van der Waals surface area contributed by atoms with Gasteiger partial charge in [-0.25, -0.2) is 0 Å². The Balaban J connectivity index is 0.00000225. The summed E-state index contributed by atoms with van der Waals surface area (Å²) in [7, 11) is 0. The third-order valence-corrected chi connectivity index (χ3v) is 1.92. The first-order valence-corrected chi connectivity index (χ1v) is 4.72. The number of nitrogens with one attached hydrogen (secondary N) is 1. The van der Waals surface area contributed by atoms with E-state index in [9.17, 15) is 4.79 Å². The van der Waals surface area contributed by atoms with Crippen molar-refractivity contribution in [1.82, 2.24) is 0 Å². The SMILES string of the molecule is CCOC(=O)Cc1ccc(C(=N)N)cc1.Cl. The van der Waals surface area contributed by atoms with Crippen molar-refractivity contribution < 1.29 is 9.53 Å². The van der Waals surface area contributed by atoms with Gasteiger partial charge in [0.05, 0.1) is 13.0 Å². The Kier molecular flexibility index (Phi) is 6.18. The molecule has 4 nitrogen and oxygen atoms in total. The Morgan fingerprint density at radius 2 is 1.94 bits per heavy atom. The van der Waals surface area contributed by atoms with Crippen molar-refractivity contribution in [2.75, 3.05) is 6.61 Å². The Bertz CT molecular complexity index is 363. The molecule has 0 radical (unpaired) electrons. The van der Waals surface area contributed by atoms with Crippen molar-refractivity contribution in [2.24, 2.45) is 5.73 Å². The van der Waals surface area contributed by atoms with Gasteiger partial charge in [0.25, 0.3) is 0 Å². The van der Waals surface area contributed by atoms with Crippen molar-refractivity contribution in [3.05, 3.63) is 35.4 Å². The first-order chi connectivity index (χ1) is 7.13. The molecule has 0 saturated carbocycles. The standard InChI is InChI=1S/C11H14N2O2.ClH/c1-2-15-10(14)7-8-3-5-9(6-4-8)11(12)13;/h3-6H,2,7H2,1H3,(H3,12,13);1H. The quantitative estimate of drug-likeness (QED) is 0.477. The minimum Gasteiger partial charge on any atom is -0.466 e. The van der Waals surface area contributed by atoms with Crippen LogP contribution < -0.4 is 5.73 Å². The lowest BCUT2D eigenvalue weighted by Gasteiger charge is -2.03. The molecule has 0 atom stereocenters. The lowest BCUT2D eigenvalue weighted by molar-refractivity contribution is -0.142. The smallest absolute Gasteiger partial charge is 0.310 e. The van der Waals surface area contributed by atoms with Gasteiger partial charge >= 0.3 is 5.97 Å². The van der Waals surface area contributed by atoms with Crippen LogP contribution in [0.3, 0.4) is 0 Å². The van der Waals surface area contributed by atoms with Crippen LogP contribution in [-0.2, 0) is 16.0 Å². The number of halogens is 1. The number of benzene rings is 1. The average molecular weight is 243 g/mol. The normalized spacial score (nSPS) is 9.06. The third-order valence-electron chi connectivity index (χ3n) is 1.92. The minimum atomic E-state index is -0.243. The first-order valence-electron chi connectivity index (χ1n) is 4.72. The van der Waals surface area contributed by atoms with Gasteiger partial charge in [0.1, 0.15) is 5.84 Å². The van der Waals surface area contributed by atoms with Crippen LogP contribution in [0.2, 0.25) is 0 Å². The number of rotatable bonds is 4. The summed E-state index contributed by atoms with van der Waals surface area (Å²) in [4.78, 5) is 11.1. The number of carbonyl (C=O) groups excluding carboxylic acids is 1. The Labute approximate surface area is 101 Å². The van der Waals surface area contributed by atoms with Gasteiger partial charge in [-0.3, -0.25) is 10.2 Å². The number of hydrogen-bond acceptors (Lipinski definition) is 3. The molecule has 0 unspecified atom stereocenters. The van der Waals surface area contributed by atoms with E-state index in [0.29, 0.717) is 12.2 Å². The predicted octanol–water partition coefficient (Wildman–Crippen LogP) is 1.50. The van der Waals surface area contributed by atoms with Crippen LogP contribution in [0.25, 0.3) is 0 Å². The van der Waals surface area contributed by atoms with Gasteiger partial charge in [-0.1, -0.05) is 24.3 Å². The van der Waals surface area contributed by atoms with E-state index in [1.54, 1.807) is 31.2 Å². The number of esters is 1. The zero-order valence-electron chi connectivity index (χ0n) is 9.03. The maximum Gasteiger partial charge on any atom is 0.310 e. The number of amidine groups is 1. The van der Waals surface area contributed by atoms with E-state index in [2.05, 4.69) is 0 Å². The van der Waals surface area contributed by atoms with Gasteiger partial charge in [-0.15, -0.1) is 12.4 Å². The summed E-state index contributed by atoms with van der Waals surface area (Å²) < 4.78 is 4.82. The number of nitrogen functional groups attached to an aromatic ring is 1. The molecule has 0 aliphatic carbocycles. The summed E-state index contributed by atoms with van der Waals surface area (Å²) in [5, 5.41) is 7.20. The van der Waals surface area contributed by atoms with Gasteiger partial charge in [0.15, 0.2) is 0 Å². The number of carbonyl (C=O) groups is 1. The van der Waals surface area contributed by atoms with Crippen molar-refractivity contribution in [1.29, 1.82) is 5.41 Å². The third kappa shape index (κ3) is 4.31. The molecule has 0 spiro atoms. The second-order valence-corrected chi connectivity index (χ2v) is 3.09. The molecule has 0 aliphatic heterocycles. The van der Waals surface area contributed by atoms with Crippen LogP contribution in [0.15, 0.2) is 24.3 Å². The number of hydrogen-bond donors (Lipinski definition) is 2. The van der Waals surface area contributed by atoms with Crippen LogP contribution in [0.5, 0.6) is 0 Å². The fourth-order valence-electron chi connectivity index (χ4n) is 1.18. The lowest BCUT2D eigenvalue weighted by atomic mass is 10.1. The molecule has 16 heavy (non-hydrogen) atoms. The molecule has 0 bridgehead atoms. The topological polar surface area (TPSA) is 76.2 Å². The maximum absolute atomic E-state index is 11.1. The van der Waals surface area contributed by atoms with Gasteiger partial charge in [0.2, 0.25) is 0 Å². The molecule has 5 heteroatoms.